The Labute approximate surface area is 128 Å². The van der Waals surface area contributed by atoms with Crippen LogP contribution in [0, 0.1) is 6.92 Å². The molecular weight excluding hydrogens is 264 g/mol. The zero-order valence-electron chi connectivity index (χ0n) is 13.9. The van der Waals surface area contributed by atoms with Gasteiger partial charge in [0.15, 0.2) is 0 Å². The van der Waals surface area contributed by atoms with E-state index in [4.69, 9.17) is 4.74 Å². The summed E-state index contributed by atoms with van der Waals surface area (Å²) in [5.41, 5.74) is 1.86. The van der Waals surface area contributed by atoms with Gasteiger partial charge in [-0.1, -0.05) is 19.1 Å². The molecule has 4 nitrogen and oxygen atoms in total. The molecule has 0 aliphatic heterocycles. The van der Waals surface area contributed by atoms with Gasteiger partial charge in [0.1, 0.15) is 5.54 Å². The number of carbonyl (C=O) groups excluding carboxylic acids is 1. The Hall–Kier alpha value is -1.55. The van der Waals surface area contributed by atoms with Crippen LogP contribution in [0.3, 0.4) is 0 Å². The normalized spacial score (nSPS) is 13.6. The Bertz CT molecular complexity index is 462. The quantitative estimate of drug-likeness (QED) is 0.748. The highest BCUT2D eigenvalue weighted by Gasteiger charge is 2.32. The molecule has 0 aromatic heterocycles. The van der Waals surface area contributed by atoms with Crippen LogP contribution in [0.25, 0.3) is 0 Å². The highest BCUT2D eigenvalue weighted by molar-refractivity contribution is 5.80. The molecule has 0 heterocycles. The van der Waals surface area contributed by atoms with E-state index in [0.717, 1.165) is 25.9 Å². The van der Waals surface area contributed by atoms with Crippen molar-refractivity contribution in [3.05, 3.63) is 29.8 Å². The highest BCUT2D eigenvalue weighted by atomic mass is 16.5. The van der Waals surface area contributed by atoms with E-state index in [9.17, 15) is 4.79 Å². The van der Waals surface area contributed by atoms with Crippen LogP contribution in [0.4, 0.5) is 5.69 Å². The minimum absolute atomic E-state index is 0.192. The summed E-state index contributed by atoms with van der Waals surface area (Å²) < 4.78 is 4.91. The second kappa shape index (κ2) is 8.03. The number of aryl methyl sites for hydroxylation is 1. The molecule has 0 saturated heterocycles. The summed E-state index contributed by atoms with van der Waals surface area (Å²) in [7, 11) is 3.52. The molecule has 118 valence electrons. The van der Waals surface area contributed by atoms with E-state index < -0.39 is 5.54 Å². The van der Waals surface area contributed by atoms with Crippen molar-refractivity contribution in [3.8, 4) is 0 Å². The Balaban J connectivity index is 2.56. The molecule has 0 amide bonds. The number of rotatable bonds is 8. The number of carbonyl (C=O) groups is 1. The summed E-state index contributed by atoms with van der Waals surface area (Å²) in [6.45, 7) is 7.66. The Morgan fingerprint density at radius 3 is 2.71 bits per heavy atom. The standard InChI is InChI=1S/C17H28N2O2/c1-6-18-17(3,16(20)21-5)11-8-12-19(4)15-10-7-9-14(2)13-15/h7,9-10,13,18H,6,8,11-12H2,1-5H3. The molecule has 0 radical (unpaired) electrons. The van der Waals surface area contributed by atoms with Crippen LogP contribution in [-0.4, -0.2) is 38.8 Å². The predicted molar refractivity (Wildman–Crippen MR) is 87.8 cm³/mol. The topological polar surface area (TPSA) is 41.6 Å². The molecule has 1 atom stereocenters. The molecule has 0 aliphatic rings. The predicted octanol–water partition coefficient (Wildman–Crippen LogP) is 2.75. The molecule has 4 heteroatoms. The van der Waals surface area contributed by atoms with Crippen LogP contribution >= 0.6 is 0 Å². The minimum atomic E-state index is -0.600. The van der Waals surface area contributed by atoms with E-state index in [1.807, 2.05) is 13.8 Å². The summed E-state index contributed by atoms with van der Waals surface area (Å²) in [5, 5.41) is 3.24. The second-order valence-electron chi connectivity index (χ2n) is 5.72. The fourth-order valence-electron chi connectivity index (χ4n) is 2.54. The van der Waals surface area contributed by atoms with Crippen molar-refractivity contribution in [2.24, 2.45) is 0 Å². The van der Waals surface area contributed by atoms with Gasteiger partial charge >= 0.3 is 5.97 Å². The molecule has 0 spiro atoms. The van der Waals surface area contributed by atoms with Gasteiger partial charge in [-0.05, 0) is 50.9 Å². The summed E-state index contributed by atoms with van der Waals surface area (Å²) in [4.78, 5) is 14.1. The first-order chi connectivity index (χ1) is 9.92. The molecule has 0 aliphatic carbocycles. The van der Waals surface area contributed by atoms with Crippen LogP contribution in [-0.2, 0) is 9.53 Å². The van der Waals surface area contributed by atoms with Crippen molar-refractivity contribution in [2.45, 2.75) is 39.2 Å². The van der Waals surface area contributed by atoms with E-state index in [0.29, 0.717) is 0 Å². The van der Waals surface area contributed by atoms with Gasteiger partial charge in [0.05, 0.1) is 7.11 Å². The van der Waals surface area contributed by atoms with Gasteiger partial charge in [-0.25, -0.2) is 0 Å². The van der Waals surface area contributed by atoms with Gasteiger partial charge in [0.2, 0.25) is 0 Å². The average Bonchev–Trinajstić information content (AvgIpc) is 2.46. The number of hydrogen-bond donors (Lipinski definition) is 1. The van der Waals surface area contributed by atoms with Gasteiger partial charge in [-0.15, -0.1) is 0 Å². The average molecular weight is 292 g/mol. The van der Waals surface area contributed by atoms with Crippen LogP contribution in [0.5, 0.6) is 0 Å². The van der Waals surface area contributed by atoms with E-state index >= 15 is 0 Å². The van der Waals surface area contributed by atoms with Crippen LogP contribution in [0.2, 0.25) is 0 Å². The molecule has 1 rings (SSSR count). The first kappa shape index (κ1) is 17.5. The third-order valence-corrected chi connectivity index (χ3v) is 3.82. The largest absolute Gasteiger partial charge is 0.468 e. The smallest absolute Gasteiger partial charge is 0.325 e. The first-order valence-corrected chi connectivity index (χ1v) is 7.54. The number of nitrogens with one attached hydrogen (secondary N) is 1. The zero-order valence-corrected chi connectivity index (χ0v) is 13.9. The SMILES string of the molecule is CCNC(C)(CCCN(C)c1cccc(C)c1)C(=O)OC. The third kappa shape index (κ3) is 5.05. The van der Waals surface area contributed by atoms with Crippen molar-refractivity contribution in [2.75, 3.05) is 32.1 Å². The summed E-state index contributed by atoms with van der Waals surface area (Å²) in [5.74, 6) is -0.192. The van der Waals surface area contributed by atoms with Gasteiger partial charge in [-0.3, -0.25) is 4.79 Å². The number of nitrogens with zero attached hydrogens (tertiary/aromatic N) is 1. The van der Waals surface area contributed by atoms with Gasteiger partial charge in [0, 0.05) is 19.3 Å². The molecule has 0 fully saturated rings. The molecule has 1 aromatic rings. The lowest BCUT2D eigenvalue weighted by Crippen LogP contribution is -2.50. The van der Waals surface area contributed by atoms with Crippen LogP contribution in [0.15, 0.2) is 24.3 Å². The number of anilines is 1. The lowest BCUT2D eigenvalue weighted by atomic mass is 9.95. The maximum absolute atomic E-state index is 11.9. The lowest BCUT2D eigenvalue weighted by molar-refractivity contribution is -0.148. The van der Waals surface area contributed by atoms with E-state index in [-0.39, 0.29) is 5.97 Å². The highest BCUT2D eigenvalue weighted by Crippen LogP contribution is 2.18. The van der Waals surface area contributed by atoms with Crippen molar-refractivity contribution in [1.82, 2.24) is 5.32 Å². The number of esters is 1. The molecule has 1 aromatic carbocycles. The lowest BCUT2D eigenvalue weighted by Gasteiger charge is -2.29. The summed E-state index contributed by atoms with van der Waals surface area (Å²) >= 11 is 0. The molecule has 0 bridgehead atoms. The van der Waals surface area contributed by atoms with E-state index in [2.05, 4.69) is 48.5 Å². The molecule has 21 heavy (non-hydrogen) atoms. The third-order valence-electron chi connectivity index (χ3n) is 3.82. The fraction of sp³-hybridized carbons (Fsp3) is 0.588. The number of benzene rings is 1. The number of ether oxygens (including phenoxy) is 1. The van der Waals surface area contributed by atoms with Crippen LogP contribution in [0.1, 0.15) is 32.3 Å². The molecule has 1 unspecified atom stereocenters. The number of methoxy groups -OCH3 is 1. The van der Waals surface area contributed by atoms with Gasteiger partial charge in [0.25, 0.3) is 0 Å². The number of likely N-dealkylation sites (N-methyl/N-ethyl adjacent to an activating group) is 1. The van der Waals surface area contributed by atoms with E-state index in [1.165, 1.54) is 18.4 Å². The van der Waals surface area contributed by atoms with Crippen molar-refractivity contribution < 1.29 is 9.53 Å². The Morgan fingerprint density at radius 2 is 2.14 bits per heavy atom. The summed E-state index contributed by atoms with van der Waals surface area (Å²) in [6, 6.07) is 8.44. The first-order valence-electron chi connectivity index (χ1n) is 7.54. The maximum Gasteiger partial charge on any atom is 0.325 e. The van der Waals surface area contributed by atoms with Gasteiger partial charge < -0.3 is 15.0 Å². The van der Waals surface area contributed by atoms with Crippen molar-refractivity contribution in [3.63, 3.8) is 0 Å². The summed E-state index contributed by atoms with van der Waals surface area (Å²) in [6.07, 6.45) is 1.67. The Morgan fingerprint density at radius 1 is 1.43 bits per heavy atom. The van der Waals surface area contributed by atoms with Crippen LogP contribution < -0.4 is 10.2 Å². The monoisotopic (exact) mass is 292 g/mol. The fourth-order valence-corrected chi connectivity index (χ4v) is 2.54. The Kier molecular flexibility index (Phi) is 6.69. The minimum Gasteiger partial charge on any atom is -0.468 e. The molecule has 0 saturated carbocycles. The maximum atomic E-state index is 11.9. The second-order valence-corrected chi connectivity index (χ2v) is 5.72. The molecule has 1 N–H and O–H groups in total. The number of hydrogen-bond acceptors (Lipinski definition) is 4. The molecular formula is C17H28N2O2. The van der Waals surface area contributed by atoms with Gasteiger partial charge in [-0.2, -0.15) is 0 Å². The van der Waals surface area contributed by atoms with Crippen molar-refractivity contribution >= 4 is 11.7 Å². The van der Waals surface area contributed by atoms with E-state index in [1.54, 1.807) is 0 Å². The van der Waals surface area contributed by atoms with Crippen molar-refractivity contribution in [1.29, 1.82) is 0 Å². The zero-order chi connectivity index (χ0) is 15.9.